The first kappa shape index (κ1) is 16.0. The fourth-order valence-corrected chi connectivity index (χ4v) is 3.23. The third-order valence-corrected chi connectivity index (χ3v) is 4.56. The van der Waals surface area contributed by atoms with Crippen LogP contribution in [0.3, 0.4) is 0 Å². The summed E-state index contributed by atoms with van der Waals surface area (Å²) < 4.78 is 2.21. The van der Waals surface area contributed by atoms with Gasteiger partial charge in [0.05, 0.1) is 16.9 Å². The molecule has 1 aromatic heterocycles. The molecule has 1 aromatic carbocycles. The number of aromatic nitrogens is 2. The van der Waals surface area contributed by atoms with Gasteiger partial charge in [-0.2, -0.15) is 11.8 Å². The second kappa shape index (κ2) is 8.16. The molecule has 110 valence electrons. The van der Waals surface area contributed by atoms with E-state index in [2.05, 4.69) is 15.8 Å². The molecule has 0 saturated heterocycles. The van der Waals surface area contributed by atoms with Gasteiger partial charge >= 0.3 is 0 Å². The average molecular weight is 331 g/mol. The lowest BCUT2D eigenvalue weighted by Crippen LogP contribution is -2.02. The maximum Gasteiger partial charge on any atom is 0.124 e. The van der Waals surface area contributed by atoms with Gasteiger partial charge in [0.2, 0.25) is 0 Å². The van der Waals surface area contributed by atoms with Crippen molar-refractivity contribution in [2.24, 2.45) is 0 Å². The predicted molar refractivity (Wildman–Crippen MR) is 91.2 cm³/mol. The van der Waals surface area contributed by atoms with Crippen molar-refractivity contribution in [3.63, 3.8) is 0 Å². The maximum atomic E-state index is 6.09. The molecule has 0 unspecified atom stereocenters. The van der Waals surface area contributed by atoms with Gasteiger partial charge in [0.15, 0.2) is 0 Å². The van der Waals surface area contributed by atoms with Gasteiger partial charge < -0.3 is 4.57 Å². The molecule has 0 saturated carbocycles. The van der Waals surface area contributed by atoms with Crippen LogP contribution in [0.4, 0.5) is 0 Å². The van der Waals surface area contributed by atoms with E-state index in [4.69, 9.17) is 23.2 Å². The summed E-state index contributed by atoms with van der Waals surface area (Å²) >= 11 is 14.0. The summed E-state index contributed by atoms with van der Waals surface area (Å²) in [6.45, 7) is 0.970. The molecular weight excluding hydrogens is 311 g/mol. The molecule has 0 atom stereocenters. The molecule has 0 bridgehead atoms. The third kappa shape index (κ3) is 4.06. The normalized spacial score (nSPS) is 11.3. The molecule has 20 heavy (non-hydrogen) atoms. The van der Waals surface area contributed by atoms with Gasteiger partial charge in [0.25, 0.3) is 0 Å². The number of fused-ring (bicyclic) bond motifs is 1. The van der Waals surface area contributed by atoms with Gasteiger partial charge in [-0.15, -0.1) is 11.6 Å². The smallest absolute Gasteiger partial charge is 0.124 e. The second-order valence-corrected chi connectivity index (χ2v) is 6.54. The minimum atomic E-state index is 0.443. The summed E-state index contributed by atoms with van der Waals surface area (Å²) in [5.41, 5.74) is 2.07. The van der Waals surface area contributed by atoms with E-state index >= 15 is 0 Å². The second-order valence-electron chi connectivity index (χ2n) is 4.85. The van der Waals surface area contributed by atoms with Crippen LogP contribution in [0.1, 0.15) is 31.5 Å². The fraction of sp³-hybridized carbons (Fsp3) is 0.533. The zero-order valence-corrected chi connectivity index (χ0v) is 14.1. The first-order valence-electron chi connectivity index (χ1n) is 6.96. The summed E-state index contributed by atoms with van der Waals surface area (Å²) in [5.74, 6) is 2.64. The zero-order chi connectivity index (χ0) is 14.4. The number of halogens is 2. The van der Waals surface area contributed by atoms with Gasteiger partial charge in [-0.1, -0.05) is 24.4 Å². The van der Waals surface area contributed by atoms with Crippen molar-refractivity contribution in [1.29, 1.82) is 0 Å². The van der Waals surface area contributed by atoms with Crippen LogP contribution in [0.2, 0.25) is 5.02 Å². The number of nitrogens with zero attached hydrogens (tertiary/aromatic N) is 2. The van der Waals surface area contributed by atoms with Gasteiger partial charge in [0, 0.05) is 11.6 Å². The fourth-order valence-electron chi connectivity index (χ4n) is 2.37. The Morgan fingerprint density at radius 2 is 2.00 bits per heavy atom. The van der Waals surface area contributed by atoms with E-state index in [0.29, 0.717) is 5.88 Å². The first-order chi connectivity index (χ1) is 9.76. The number of alkyl halides is 1. The molecule has 0 spiro atoms. The third-order valence-electron chi connectivity index (χ3n) is 3.39. The van der Waals surface area contributed by atoms with Crippen LogP contribution in [0.15, 0.2) is 18.2 Å². The largest absolute Gasteiger partial charge is 0.327 e. The number of benzene rings is 1. The number of aryl methyl sites for hydroxylation is 1. The van der Waals surface area contributed by atoms with Crippen molar-refractivity contribution in [2.75, 3.05) is 12.0 Å². The topological polar surface area (TPSA) is 17.8 Å². The summed E-state index contributed by atoms with van der Waals surface area (Å²) in [6, 6.07) is 5.82. The van der Waals surface area contributed by atoms with Crippen molar-refractivity contribution < 1.29 is 0 Å². The Morgan fingerprint density at radius 3 is 2.75 bits per heavy atom. The van der Waals surface area contributed by atoms with E-state index in [1.807, 2.05) is 30.0 Å². The molecule has 0 aliphatic rings. The zero-order valence-electron chi connectivity index (χ0n) is 11.7. The highest BCUT2D eigenvalue weighted by molar-refractivity contribution is 7.98. The molecule has 2 rings (SSSR count). The van der Waals surface area contributed by atoms with Gasteiger partial charge in [-0.05, 0) is 43.0 Å². The summed E-state index contributed by atoms with van der Waals surface area (Å²) in [4.78, 5) is 4.57. The number of unbranched alkanes of at least 4 members (excludes halogenated alkanes) is 3. The Morgan fingerprint density at radius 1 is 1.20 bits per heavy atom. The summed E-state index contributed by atoms with van der Waals surface area (Å²) in [6.07, 6.45) is 7.18. The number of thioether (sulfide) groups is 1. The lowest BCUT2D eigenvalue weighted by molar-refractivity contribution is 0.582. The van der Waals surface area contributed by atoms with Crippen LogP contribution < -0.4 is 0 Å². The highest BCUT2D eigenvalue weighted by atomic mass is 35.5. The standard InChI is InChI=1S/C15H20Cl2N2S/c1-20-9-5-3-2-4-8-19-14-10-12(17)6-7-13(14)18-15(19)11-16/h6-7,10H,2-5,8-9,11H2,1H3. The van der Waals surface area contributed by atoms with Crippen molar-refractivity contribution in [2.45, 2.75) is 38.1 Å². The molecule has 0 amide bonds. The van der Waals surface area contributed by atoms with Crippen LogP contribution in [-0.4, -0.2) is 21.6 Å². The average Bonchev–Trinajstić information content (AvgIpc) is 2.80. The summed E-state index contributed by atoms with van der Waals surface area (Å²) in [5, 5.41) is 0.750. The van der Waals surface area contributed by atoms with Crippen LogP contribution in [0.25, 0.3) is 11.0 Å². The number of imidazole rings is 1. The number of rotatable bonds is 8. The lowest BCUT2D eigenvalue weighted by Gasteiger charge is -2.07. The highest BCUT2D eigenvalue weighted by Crippen LogP contribution is 2.22. The minimum Gasteiger partial charge on any atom is -0.327 e. The highest BCUT2D eigenvalue weighted by Gasteiger charge is 2.09. The van der Waals surface area contributed by atoms with E-state index in [0.717, 1.165) is 34.8 Å². The minimum absolute atomic E-state index is 0.443. The first-order valence-corrected chi connectivity index (χ1v) is 9.26. The van der Waals surface area contributed by atoms with Crippen LogP contribution >= 0.6 is 35.0 Å². The van der Waals surface area contributed by atoms with E-state index in [9.17, 15) is 0 Å². The van der Waals surface area contributed by atoms with E-state index in [-0.39, 0.29) is 0 Å². The number of hydrogen-bond donors (Lipinski definition) is 0. The summed E-state index contributed by atoms with van der Waals surface area (Å²) in [7, 11) is 0. The maximum absolute atomic E-state index is 6.09. The molecular formula is C15H20Cl2N2S. The Labute approximate surface area is 134 Å². The van der Waals surface area contributed by atoms with Crippen LogP contribution in [-0.2, 0) is 12.4 Å². The van der Waals surface area contributed by atoms with Crippen molar-refractivity contribution >= 4 is 46.0 Å². The number of hydrogen-bond acceptors (Lipinski definition) is 2. The predicted octanol–water partition coefficient (Wildman–Crippen LogP) is 5.35. The molecule has 5 heteroatoms. The van der Waals surface area contributed by atoms with Gasteiger partial charge in [-0.25, -0.2) is 4.98 Å². The van der Waals surface area contributed by atoms with E-state index < -0.39 is 0 Å². The Balaban J connectivity index is 2.02. The van der Waals surface area contributed by atoms with Crippen LogP contribution in [0, 0.1) is 0 Å². The van der Waals surface area contributed by atoms with Crippen LogP contribution in [0.5, 0.6) is 0 Å². The van der Waals surface area contributed by atoms with E-state index in [1.165, 1.54) is 25.0 Å². The van der Waals surface area contributed by atoms with Crippen molar-refractivity contribution in [1.82, 2.24) is 9.55 Å². The Hall–Kier alpha value is -0.380. The Kier molecular flexibility index (Phi) is 6.53. The molecule has 1 heterocycles. The SMILES string of the molecule is CSCCCCCCn1c(CCl)nc2ccc(Cl)cc21. The molecule has 0 radical (unpaired) electrons. The molecule has 2 nitrogen and oxygen atoms in total. The molecule has 0 N–H and O–H groups in total. The molecule has 2 aromatic rings. The quantitative estimate of drug-likeness (QED) is 0.479. The Bertz CT molecular complexity index is 554. The molecule has 0 aliphatic heterocycles. The van der Waals surface area contributed by atoms with Gasteiger partial charge in [0.1, 0.15) is 5.82 Å². The molecule has 0 aliphatic carbocycles. The van der Waals surface area contributed by atoms with E-state index in [1.54, 1.807) is 0 Å². The van der Waals surface area contributed by atoms with Crippen molar-refractivity contribution in [3.8, 4) is 0 Å². The molecule has 0 fully saturated rings. The van der Waals surface area contributed by atoms with Crippen molar-refractivity contribution in [3.05, 3.63) is 29.0 Å². The lowest BCUT2D eigenvalue weighted by atomic mass is 10.2. The monoisotopic (exact) mass is 330 g/mol. The van der Waals surface area contributed by atoms with Gasteiger partial charge in [-0.3, -0.25) is 0 Å².